The Kier molecular flexibility index (Phi) is 2.77. The van der Waals surface area contributed by atoms with Crippen LogP contribution in [0.2, 0.25) is 0 Å². The van der Waals surface area contributed by atoms with E-state index in [1.165, 1.54) is 11.3 Å². The van der Waals surface area contributed by atoms with E-state index in [4.69, 9.17) is 4.52 Å². The second-order valence-corrected chi connectivity index (χ2v) is 5.74. The molecule has 1 aromatic carbocycles. The lowest BCUT2D eigenvalue weighted by molar-refractivity contribution is 0.361. The first-order valence-electron chi connectivity index (χ1n) is 6.62. The molecule has 3 heterocycles. The van der Waals surface area contributed by atoms with Crippen molar-refractivity contribution >= 4 is 17.0 Å². The molecule has 1 N–H and O–H groups in total. The molecule has 2 aromatic heterocycles. The van der Waals surface area contributed by atoms with E-state index < -0.39 is 0 Å². The van der Waals surface area contributed by atoms with Crippen LogP contribution in [0.15, 0.2) is 46.3 Å². The van der Waals surface area contributed by atoms with Gasteiger partial charge in [0.2, 0.25) is 11.7 Å². The Morgan fingerprint density at radius 2 is 2.15 bits per heavy atom. The van der Waals surface area contributed by atoms with Crippen LogP contribution in [0.3, 0.4) is 0 Å². The molecular formula is C15H13N3OS. The van der Waals surface area contributed by atoms with Gasteiger partial charge in [-0.15, -0.1) is 11.3 Å². The maximum absolute atomic E-state index is 5.50. The third kappa shape index (κ3) is 1.91. The van der Waals surface area contributed by atoms with E-state index in [9.17, 15) is 0 Å². The minimum atomic E-state index is 0.189. The highest BCUT2D eigenvalue weighted by atomic mass is 32.1. The zero-order chi connectivity index (χ0) is 13.4. The van der Waals surface area contributed by atoms with Gasteiger partial charge in [-0.3, -0.25) is 0 Å². The number of rotatable bonds is 2. The Hall–Kier alpha value is -2.14. The summed E-state index contributed by atoms with van der Waals surface area (Å²) in [6.07, 6.45) is 0.975. The smallest absolute Gasteiger partial charge is 0.234 e. The molecule has 20 heavy (non-hydrogen) atoms. The average Bonchev–Trinajstić information content (AvgIpc) is 3.17. The van der Waals surface area contributed by atoms with Crippen molar-refractivity contribution in [2.45, 2.75) is 12.3 Å². The molecule has 4 nitrogen and oxygen atoms in total. The highest BCUT2D eigenvalue weighted by molar-refractivity contribution is 7.13. The second-order valence-electron chi connectivity index (χ2n) is 4.79. The van der Waals surface area contributed by atoms with Crippen molar-refractivity contribution in [3.05, 3.63) is 53.2 Å². The van der Waals surface area contributed by atoms with E-state index in [1.807, 2.05) is 23.6 Å². The topological polar surface area (TPSA) is 51.0 Å². The number of fused-ring (bicyclic) bond motifs is 1. The Balaban J connectivity index is 1.72. The van der Waals surface area contributed by atoms with Crippen LogP contribution >= 0.6 is 11.3 Å². The molecule has 0 saturated carbocycles. The Bertz CT molecular complexity index is 720. The fourth-order valence-corrected chi connectivity index (χ4v) is 3.26. The van der Waals surface area contributed by atoms with Crippen LogP contribution in [0.4, 0.5) is 5.69 Å². The fourth-order valence-electron chi connectivity index (χ4n) is 2.61. The Morgan fingerprint density at radius 1 is 1.20 bits per heavy atom. The molecule has 0 radical (unpaired) electrons. The van der Waals surface area contributed by atoms with Gasteiger partial charge in [0.05, 0.1) is 10.8 Å². The van der Waals surface area contributed by atoms with E-state index in [0.29, 0.717) is 11.7 Å². The van der Waals surface area contributed by atoms with Crippen molar-refractivity contribution in [1.29, 1.82) is 0 Å². The summed E-state index contributed by atoms with van der Waals surface area (Å²) in [5, 5.41) is 9.54. The molecule has 100 valence electrons. The zero-order valence-electron chi connectivity index (χ0n) is 10.7. The van der Waals surface area contributed by atoms with Crippen molar-refractivity contribution in [2.75, 3.05) is 11.9 Å². The van der Waals surface area contributed by atoms with Gasteiger partial charge in [0.25, 0.3) is 0 Å². The van der Waals surface area contributed by atoms with E-state index in [1.54, 1.807) is 11.3 Å². The van der Waals surface area contributed by atoms with Crippen LogP contribution in [-0.4, -0.2) is 16.7 Å². The van der Waals surface area contributed by atoms with Crippen molar-refractivity contribution in [2.24, 2.45) is 0 Å². The third-order valence-electron chi connectivity index (χ3n) is 3.57. The van der Waals surface area contributed by atoms with Gasteiger partial charge in [0.1, 0.15) is 0 Å². The van der Waals surface area contributed by atoms with Crippen molar-refractivity contribution in [3.63, 3.8) is 0 Å². The zero-order valence-corrected chi connectivity index (χ0v) is 11.6. The molecule has 0 bridgehead atoms. The average molecular weight is 283 g/mol. The third-order valence-corrected chi connectivity index (χ3v) is 4.43. The van der Waals surface area contributed by atoms with Gasteiger partial charge in [0, 0.05) is 12.2 Å². The van der Waals surface area contributed by atoms with E-state index in [2.05, 4.69) is 33.7 Å². The molecule has 3 aromatic rings. The van der Waals surface area contributed by atoms with Gasteiger partial charge >= 0.3 is 0 Å². The van der Waals surface area contributed by atoms with Crippen LogP contribution in [-0.2, 0) is 0 Å². The molecule has 1 unspecified atom stereocenters. The maximum Gasteiger partial charge on any atom is 0.234 e. The highest BCUT2D eigenvalue weighted by Crippen LogP contribution is 2.36. The van der Waals surface area contributed by atoms with Gasteiger partial charge in [-0.1, -0.05) is 29.4 Å². The van der Waals surface area contributed by atoms with Crippen LogP contribution in [0.25, 0.3) is 10.7 Å². The van der Waals surface area contributed by atoms with Crippen molar-refractivity contribution in [3.8, 4) is 10.7 Å². The van der Waals surface area contributed by atoms with E-state index in [-0.39, 0.29) is 5.92 Å². The lowest BCUT2D eigenvalue weighted by Gasteiger charge is -2.23. The van der Waals surface area contributed by atoms with Crippen molar-refractivity contribution < 1.29 is 4.52 Å². The largest absolute Gasteiger partial charge is 0.385 e. The summed E-state index contributed by atoms with van der Waals surface area (Å²) in [5.74, 6) is 1.59. The number of thiophene rings is 1. The summed E-state index contributed by atoms with van der Waals surface area (Å²) in [4.78, 5) is 5.62. The summed E-state index contributed by atoms with van der Waals surface area (Å²) in [6.45, 7) is 0.929. The first-order valence-corrected chi connectivity index (χ1v) is 7.50. The highest BCUT2D eigenvalue weighted by Gasteiger charge is 2.26. The number of nitrogens with one attached hydrogen (secondary N) is 1. The molecular weight excluding hydrogens is 270 g/mol. The number of nitrogens with zero attached hydrogens (tertiary/aromatic N) is 2. The molecule has 1 aliphatic rings. The summed E-state index contributed by atoms with van der Waals surface area (Å²) < 4.78 is 5.50. The molecule has 5 heteroatoms. The van der Waals surface area contributed by atoms with Crippen LogP contribution in [0.5, 0.6) is 0 Å². The second kappa shape index (κ2) is 4.76. The molecule has 1 aliphatic heterocycles. The first kappa shape index (κ1) is 11.7. The Labute approximate surface area is 120 Å². The van der Waals surface area contributed by atoms with Gasteiger partial charge < -0.3 is 9.84 Å². The molecule has 0 fully saturated rings. The quantitative estimate of drug-likeness (QED) is 0.778. The van der Waals surface area contributed by atoms with Gasteiger partial charge in [-0.2, -0.15) is 4.98 Å². The van der Waals surface area contributed by atoms with Gasteiger partial charge in [0.15, 0.2) is 0 Å². The summed E-state index contributed by atoms with van der Waals surface area (Å²) in [7, 11) is 0. The monoisotopic (exact) mass is 283 g/mol. The van der Waals surface area contributed by atoms with E-state index in [0.717, 1.165) is 17.8 Å². The normalized spacial score (nSPS) is 17.5. The number of aromatic nitrogens is 2. The first-order chi connectivity index (χ1) is 9.92. The lowest BCUT2D eigenvalue weighted by Crippen LogP contribution is -2.17. The van der Waals surface area contributed by atoms with Gasteiger partial charge in [-0.25, -0.2) is 0 Å². The van der Waals surface area contributed by atoms with Crippen LogP contribution in [0, 0.1) is 0 Å². The van der Waals surface area contributed by atoms with Crippen molar-refractivity contribution in [1.82, 2.24) is 10.1 Å². The standard InChI is InChI=1S/C15H13N3OS/c1-2-5-12-10(4-1)11(7-8-16-12)15-17-14(18-19-15)13-6-3-9-20-13/h1-6,9,11,16H,7-8H2. The number of para-hydroxylation sites is 1. The predicted molar refractivity (Wildman–Crippen MR) is 79.0 cm³/mol. The van der Waals surface area contributed by atoms with Crippen LogP contribution in [0.1, 0.15) is 23.8 Å². The summed E-state index contributed by atoms with van der Waals surface area (Å²) in [6, 6.07) is 12.3. The molecule has 1 atom stereocenters. The molecule has 4 rings (SSSR count). The Morgan fingerprint density at radius 3 is 3.05 bits per heavy atom. The summed E-state index contributed by atoms with van der Waals surface area (Å²) >= 11 is 1.62. The number of benzene rings is 1. The number of anilines is 1. The number of hydrogen-bond donors (Lipinski definition) is 1. The van der Waals surface area contributed by atoms with E-state index >= 15 is 0 Å². The minimum absolute atomic E-state index is 0.189. The predicted octanol–water partition coefficient (Wildman–Crippen LogP) is 3.75. The number of hydrogen-bond acceptors (Lipinski definition) is 5. The molecule has 0 saturated heterocycles. The molecule has 0 aliphatic carbocycles. The lowest BCUT2D eigenvalue weighted by atomic mass is 9.91. The molecule has 0 spiro atoms. The van der Waals surface area contributed by atoms with Crippen LogP contribution < -0.4 is 5.32 Å². The minimum Gasteiger partial charge on any atom is -0.385 e. The fraction of sp³-hybridized carbons (Fsp3) is 0.200. The summed E-state index contributed by atoms with van der Waals surface area (Å²) in [5.41, 5.74) is 2.40. The molecule has 0 amide bonds. The maximum atomic E-state index is 5.50. The van der Waals surface area contributed by atoms with Gasteiger partial charge in [-0.05, 0) is 29.5 Å². The SMILES string of the molecule is c1csc(-c2noc(C3CCNc4ccccc43)n2)c1.